The van der Waals surface area contributed by atoms with Crippen molar-refractivity contribution in [2.24, 2.45) is 5.92 Å². The molecule has 0 saturated carbocycles. The molecule has 1 N–H and O–H groups in total. The van der Waals surface area contributed by atoms with Gasteiger partial charge in [-0.05, 0) is 55.3 Å². The Labute approximate surface area is 108 Å². The monoisotopic (exact) mass is 239 g/mol. The highest BCUT2D eigenvalue weighted by atomic mass is 16.5. The Hall–Kier alpha value is -1.80. The van der Waals surface area contributed by atoms with Crippen molar-refractivity contribution < 1.29 is 4.74 Å². The Bertz CT molecular complexity index is 506. The van der Waals surface area contributed by atoms with E-state index >= 15 is 0 Å². The van der Waals surface area contributed by atoms with E-state index in [0.717, 1.165) is 36.9 Å². The molecule has 92 valence electrons. The van der Waals surface area contributed by atoms with Gasteiger partial charge >= 0.3 is 0 Å². The number of hydrogen-bond acceptors (Lipinski definition) is 2. The van der Waals surface area contributed by atoms with E-state index in [2.05, 4.69) is 23.5 Å². The average Bonchev–Trinajstić information content (AvgIpc) is 2.36. The van der Waals surface area contributed by atoms with Crippen LogP contribution in [0.1, 0.15) is 5.56 Å². The van der Waals surface area contributed by atoms with Gasteiger partial charge in [0.15, 0.2) is 0 Å². The predicted octanol–water partition coefficient (Wildman–Crippen LogP) is 3.24. The first-order valence-electron chi connectivity index (χ1n) is 6.43. The van der Waals surface area contributed by atoms with E-state index in [-0.39, 0.29) is 0 Å². The molecule has 0 bridgehead atoms. The summed E-state index contributed by atoms with van der Waals surface area (Å²) in [4.78, 5) is 0. The molecule has 3 rings (SSSR count). The SMILES string of the molecule is c1ccc(Oc2cccc(CC3CNC3)c2)cc1. The Morgan fingerprint density at radius 2 is 1.72 bits per heavy atom. The second-order valence-electron chi connectivity index (χ2n) is 4.79. The highest BCUT2D eigenvalue weighted by molar-refractivity contribution is 5.34. The molecule has 2 aromatic rings. The quantitative estimate of drug-likeness (QED) is 0.884. The Morgan fingerprint density at radius 1 is 0.944 bits per heavy atom. The van der Waals surface area contributed by atoms with Gasteiger partial charge in [0.2, 0.25) is 0 Å². The lowest BCUT2D eigenvalue weighted by Crippen LogP contribution is -2.43. The standard InChI is InChI=1S/C16H17NO/c1-2-6-15(7-3-1)18-16-8-4-5-13(10-16)9-14-11-17-12-14/h1-8,10,14,17H,9,11-12H2. The van der Waals surface area contributed by atoms with Gasteiger partial charge in [-0.25, -0.2) is 0 Å². The van der Waals surface area contributed by atoms with E-state index < -0.39 is 0 Å². The molecular weight excluding hydrogens is 222 g/mol. The van der Waals surface area contributed by atoms with Crippen LogP contribution >= 0.6 is 0 Å². The first kappa shape index (κ1) is 11.3. The number of benzene rings is 2. The zero-order valence-electron chi connectivity index (χ0n) is 10.3. The largest absolute Gasteiger partial charge is 0.457 e. The third kappa shape index (κ3) is 2.71. The van der Waals surface area contributed by atoms with E-state index in [4.69, 9.17) is 4.74 Å². The van der Waals surface area contributed by atoms with Crippen LogP contribution in [0.2, 0.25) is 0 Å². The predicted molar refractivity (Wildman–Crippen MR) is 73.0 cm³/mol. The van der Waals surface area contributed by atoms with Crippen LogP contribution in [0.3, 0.4) is 0 Å². The molecule has 2 aromatic carbocycles. The third-order valence-corrected chi connectivity index (χ3v) is 3.27. The van der Waals surface area contributed by atoms with Gasteiger partial charge in [-0.3, -0.25) is 0 Å². The molecule has 0 unspecified atom stereocenters. The maximum absolute atomic E-state index is 5.84. The average molecular weight is 239 g/mol. The summed E-state index contributed by atoms with van der Waals surface area (Å²) in [6.45, 7) is 2.29. The lowest BCUT2D eigenvalue weighted by Gasteiger charge is -2.27. The summed E-state index contributed by atoms with van der Waals surface area (Å²) in [5.74, 6) is 2.60. The molecule has 1 fully saturated rings. The topological polar surface area (TPSA) is 21.3 Å². The number of hydrogen-bond donors (Lipinski definition) is 1. The normalized spacial score (nSPS) is 15.1. The summed E-state index contributed by atoms with van der Waals surface area (Å²) in [5, 5.41) is 3.30. The van der Waals surface area contributed by atoms with Crippen molar-refractivity contribution in [2.75, 3.05) is 13.1 Å². The summed E-state index contributed by atoms with van der Waals surface area (Å²) >= 11 is 0. The first-order valence-corrected chi connectivity index (χ1v) is 6.43. The van der Waals surface area contributed by atoms with Gasteiger partial charge in [-0.1, -0.05) is 30.3 Å². The Kier molecular flexibility index (Phi) is 3.29. The van der Waals surface area contributed by atoms with Gasteiger partial charge in [0.1, 0.15) is 11.5 Å². The molecule has 0 atom stereocenters. The van der Waals surface area contributed by atoms with Crippen LogP contribution < -0.4 is 10.1 Å². The summed E-state index contributed by atoms with van der Waals surface area (Å²) in [7, 11) is 0. The fraction of sp³-hybridized carbons (Fsp3) is 0.250. The second-order valence-corrected chi connectivity index (χ2v) is 4.79. The number of ether oxygens (including phenoxy) is 1. The fourth-order valence-electron chi connectivity index (χ4n) is 2.19. The molecule has 2 nitrogen and oxygen atoms in total. The second kappa shape index (κ2) is 5.23. The van der Waals surface area contributed by atoms with E-state index in [1.54, 1.807) is 0 Å². The maximum Gasteiger partial charge on any atom is 0.127 e. The summed E-state index contributed by atoms with van der Waals surface area (Å²) in [5.41, 5.74) is 1.36. The van der Waals surface area contributed by atoms with Crippen molar-refractivity contribution in [3.63, 3.8) is 0 Å². The lowest BCUT2D eigenvalue weighted by molar-refractivity contribution is 0.346. The summed E-state index contributed by atoms with van der Waals surface area (Å²) < 4.78 is 5.84. The number of nitrogens with one attached hydrogen (secondary N) is 1. The highest BCUT2D eigenvalue weighted by Gasteiger charge is 2.16. The molecule has 0 aromatic heterocycles. The van der Waals surface area contributed by atoms with Crippen molar-refractivity contribution in [3.8, 4) is 11.5 Å². The van der Waals surface area contributed by atoms with Crippen LogP contribution in [0.5, 0.6) is 11.5 Å². The smallest absolute Gasteiger partial charge is 0.127 e. The van der Waals surface area contributed by atoms with Crippen LogP contribution in [0, 0.1) is 5.92 Å². The number of rotatable bonds is 4. The van der Waals surface area contributed by atoms with Gasteiger partial charge in [0.05, 0.1) is 0 Å². The van der Waals surface area contributed by atoms with Crippen molar-refractivity contribution >= 4 is 0 Å². The fourth-order valence-corrected chi connectivity index (χ4v) is 2.19. The Balaban J connectivity index is 1.70. The van der Waals surface area contributed by atoms with E-state index in [0.29, 0.717) is 0 Å². The molecule has 0 amide bonds. The highest BCUT2D eigenvalue weighted by Crippen LogP contribution is 2.23. The van der Waals surface area contributed by atoms with Gasteiger partial charge < -0.3 is 10.1 Å². The van der Waals surface area contributed by atoms with Gasteiger partial charge in [-0.2, -0.15) is 0 Å². The maximum atomic E-state index is 5.84. The van der Waals surface area contributed by atoms with Crippen LogP contribution in [0.25, 0.3) is 0 Å². The molecule has 1 aliphatic rings. The molecule has 18 heavy (non-hydrogen) atoms. The van der Waals surface area contributed by atoms with Gasteiger partial charge in [-0.15, -0.1) is 0 Å². The molecule has 0 spiro atoms. The molecule has 1 heterocycles. The van der Waals surface area contributed by atoms with Crippen molar-refractivity contribution in [1.29, 1.82) is 0 Å². The van der Waals surface area contributed by atoms with Crippen LogP contribution in [0.15, 0.2) is 54.6 Å². The minimum Gasteiger partial charge on any atom is -0.457 e. The zero-order chi connectivity index (χ0) is 12.2. The van der Waals surface area contributed by atoms with Crippen molar-refractivity contribution in [2.45, 2.75) is 6.42 Å². The van der Waals surface area contributed by atoms with E-state index in [1.165, 1.54) is 5.56 Å². The van der Waals surface area contributed by atoms with Crippen LogP contribution in [-0.4, -0.2) is 13.1 Å². The molecule has 0 radical (unpaired) electrons. The molecule has 2 heteroatoms. The van der Waals surface area contributed by atoms with Gasteiger partial charge in [0.25, 0.3) is 0 Å². The third-order valence-electron chi connectivity index (χ3n) is 3.27. The minimum absolute atomic E-state index is 0.789. The minimum atomic E-state index is 0.789. The van der Waals surface area contributed by atoms with E-state index in [9.17, 15) is 0 Å². The van der Waals surface area contributed by atoms with E-state index in [1.807, 2.05) is 36.4 Å². The molecule has 1 saturated heterocycles. The molecule has 1 aliphatic heterocycles. The van der Waals surface area contributed by atoms with Crippen LogP contribution in [0.4, 0.5) is 0 Å². The molecular formula is C16H17NO. The van der Waals surface area contributed by atoms with Crippen molar-refractivity contribution in [1.82, 2.24) is 5.32 Å². The number of para-hydroxylation sites is 1. The van der Waals surface area contributed by atoms with Crippen LogP contribution in [-0.2, 0) is 6.42 Å². The first-order chi connectivity index (χ1) is 8.90. The van der Waals surface area contributed by atoms with Crippen molar-refractivity contribution in [3.05, 3.63) is 60.2 Å². The zero-order valence-corrected chi connectivity index (χ0v) is 10.3. The summed E-state index contributed by atoms with van der Waals surface area (Å²) in [6, 6.07) is 18.3. The molecule has 0 aliphatic carbocycles. The lowest BCUT2D eigenvalue weighted by atomic mass is 9.94. The summed E-state index contributed by atoms with van der Waals surface area (Å²) in [6.07, 6.45) is 1.14. The Morgan fingerprint density at radius 3 is 2.44 bits per heavy atom. The van der Waals surface area contributed by atoms with Gasteiger partial charge in [0, 0.05) is 0 Å².